The molecule has 0 aliphatic heterocycles. The van der Waals surface area contributed by atoms with Crippen molar-refractivity contribution in [2.24, 2.45) is 0 Å². The SMILES string of the molecule is Cc1cc(F)c(Br)cc1Nc1ccc(Br)cc1C#N. The lowest BCUT2D eigenvalue weighted by atomic mass is 10.1. The van der Waals surface area contributed by atoms with E-state index in [4.69, 9.17) is 5.26 Å². The van der Waals surface area contributed by atoms with E-state index in [1.807, 2.05) is 13.0 Å². The van der Waals surface area contributed by atoms with Crippen LogP contribution in [0.1, 0.15) is 11.1 Å². The van der Waals surface area contributed by atoms with Gasteiger partial charge in [0.1, 0.15) is 11.9 Å². The molecular weight excluding hydrogens is 375 g/mol. The van der Waals surface area contributed by atoms with Crippen molar-refractivity contribution >= 4 is 43.2 Å². The number of hydrogen-bond donors (Lipinski definition) is 1. The van der Waals surface area contributed by atoms with Crippen LogP contribution in [-0.4, -0.2) is 0 Å². The summed E-state index contributed by atoms with van der Waals surface area (Å²) < 4.78 is 14.6. The Balaban J connectivity index is 2.42. The predicted molar refractivity (Wildman–Crippen MR) is 81.0 cm³/mol. The van der Waals surface area contributed by atoms with Crippen LogP contribution in [0, 0.1) is 24.1 Å². The highest BCUT2D eigenvalue weighted by atomic mass is 79.9. The maximum Gasteiger partial charge on any atom is 0.137 e. The van der Waals surface area contributed by atoms with E-state index in [-0.39, 0.29) is 5.82 Å². The van der Waals surface area contributed by atoms with Crippen molar-refractivity contribution in [3.8, 4) is 6.07 Å². The number of rotatable bonds is 2. The molecule has 0 aliphatic rings. The second kappa shape index (κ2) is 5.72. The molecule has 96 valence electrons. The van der Waals surface area contributed by atoms with Gasteiger partial charge in [-0.25, -0.2) is 4.39 Å². The number of benzene rings is 2. The molecule has 0 spiro atoms. The molecule has 0 saturated heterocycles. The van der Waals surface area contributed by atoms with Gasteiger partial charge in [0.05, 0.1) is 15.7 Å². The molecule has 0 saturated carbocycles. The number of anilines is 2. The summed E-state index contributed by atoms with van der Waals surface area (Å²) in [5, 5.41) is 12.3. The normalized spacial score (nSPS) is 10.1. The van der Waals surface area contributed by atoms with E-state index in [0.717, 1.165) is 15.7 Å². The Bertz CT molecular complexity index is 678. The van der Waals surface area contributed by atoms with Crippen molar-refractivity contribution in [3.05, 3.63) is 56.2 Å². The van der Waals surface area contributed by atoms with Gasteiger partial charge in [-0.15, -0.1) is 0 Å². The van der Waals surface area contributed by atoms with Crippen molar-refractivity contribution in [2.45, 2.75) is 6.92 Å². The molecule has 2 aromatic carbocycles. The first-order chi connectivity index (χ1) is 9.01. The van der Waals surface area contributed by atoms with Gasteiger partial charge in [0.2, 0.25) is 0 Å². The van der Waals surface area contributed by atoms with E-state index in [9.17, 15) is 4.39 Å². The van der Waals surface area contributed by atoms with Gasteiger partial charge in [0, 0.05) is 10.2 Å². The number of nitriles is 1. The number of nitrogens with zero attached hydrogens (tertiary/aromatic N) is 1. The number of halogens is 3. The molecule has 0 atom stereocenters. The van der Waals surface area contributed by atoms with Crippen LogP contribution in [0.25, 0.3) is 0 Å². The molecule has 0 fully saturated rings. The van der Waals surface area contributed by atoms with Crippen molar-refractivity contribution in [1.82, 2.24) is 0 Å². The smallest absolute Gasteiger partial charge is 0.137 e. The summed E-state index contributed by atoms with van der Waals surface area (Å²) in [7, 11) is 0. The average molecular weight is 384 g/mol. The Labute approximate surface area is 127 Å². The zero-order chi connectivity index (χ0) is 14.0. The van der Waals surface area contributed by atoms with Gasteiger partial charge in [0.25, 0.3) is 0 Å². The van der Waals surface area contributed by atoms with Crippen LogP contribution in [0.2, 0.25) is 0 Å². The number of hydrogen-bond acceptors (Lipinski definition) is 2. The van der Waals surface area contributed by atoms with Gasteiger partial charge in [-0.1, -0.05) is 15.9 Å². The summed E-state index contributed by atoms with van der Waals surface area (Å²) in [6.07, 6.45) is 0. The standard InChI is InChI=1S/C14H9Br2FN2/c1-8-4-12(17)11(16)6-14(8)19-13-3-2-10(15)5-9(13)7-18/h2-6,19H,1H3. The molecule has 2 aromatic rings. The zero-order valence-corrected chi connectivity index (χ0v) is 13.1. The van der Waals surface area contributed by atoms with Crippen molar-refractivity contribution in [3.63, 3.8) is 0 Å². The fraction of sp³-hybridized carbons (Fsp3) is 0.0714. The first-order valence-corrected chi connectivity index (χ1v) is 7.02. The zero-order valence-electron chi connectivity index (χ0n) is 9.97. The summed E-state index contributed by atoms with van der Waals surface area (Å²) in [5.74, 6) is -0.306. The van der Waals surface area contributed by atoms with Gasteiger partial charge >= 0.3 is 0 Å². The molecule has 0 aromatic heterocycles. The van der Waals surface area contributed by atoms with Gasteiger partial charge in [-0.05, 0) is 58.7 Å². The largest absolute Gasteiger partial charge is 0.354 e. The molecule has 0 amide bonds. The molecular formula is C14H9Br2FN2. The lowest BCUT2D eigenvalue weighted by Gasteiger charge is -2.12. The summed E-state index contributed by atoms with van der Waals surface area (Å²) in [5.41, 5.74) is 2.74. The molecule has 19 heavy (non-hydrogen) atoms. The van der Waals surface area contributed by atoms with E-state index in [1.165, 1.54) is 6.07 Å². The van der Waals surface area contributed by atoms with Crippen LogP contribution in [0.3, 0.4) is 0 Å². The second-order valence-electron chi connectivity index (χ2n) is 4.01. The van der Waals surface area contributed by atoms with E-state index < -0.39 is 0 Å². The Morgan fingerprint density at radius 1 is 1.16 bits per heavy atom. The summed E-state index contributed by atoms with van der Waals surface area (Å²) in [6.45, 7) is 1.81. The van der Waals surface area contributed by atoms with Crippen LogP contribution in [0.5, 0.6) is 0 Å². The summed E-state index contributed by atoms with van der Waals surface area (Å²) >= 11 is 6.48. The summed E-state index contributed by atoms with van der Waals surface area (Å²) in [6, 6.07) is 10.6. The number of aryl methyl sites for hydroxylation is 1. The van der Waals surface area contributed by atoms with Crippen LogP contribution in [-0.2, 0) is 0 Å². The molecule has 5 heteroatoms. The molecule has 0 radical (unpaired) electrons. The third kappa shape index (κ3) is 3.14. The third-order valence-electron chi connectivity index (χ3n) is 2.64. The van der Waals surface area contributed by atoms with E-state index in [1.54, 1.807) is 18.2 Å². The highest BCUT2D eigenvalue weighted by Gasteiger charge is 2.08. The molecule has 2 rings (SSSR count). The number of nitrogens with one attached hydrogen (secondary N) is 1. The Morgan fingerprint density at radius 2 is 1.89 bits per heavy atom. The fourth-order valence-electron chi connectivity index (χ4n) is 1.64. The lowest BCUT2D eigenvalue weighted by Crippen LogP contribution is -1.97. The van der Waals surface area contributed by atoms with Gasteiger partial charge < -0.3 is 5.32 Å². The monoisotopic (exact) mass is 382 g/mol. The van der Waals surface area contributed by atoms with Gasteiger partial charge in [-0.3, -0.25) is 0 Å². The van der Waals surface area contributed by atoms with Crippen molar-refractivity contribution in [2.75, 3.05) is 5.32 Å². The molecule has 0 heterocycles. The predicted octanol–water partition coefficient (Wildman–Crippen LogP) is 5.27. The Kier molecular flexibility index (Phi) is 4.23. The minimum atomic E-state index is -0.306. The van der Waals surface area contributed by atoms with E-state index >= 15 is 0 Å². The lowest BCUT2D eigenvalue weighted by molar-refractivity contribution is 0.620. The van der Waals surface area contributed by atoms with E-state index in [2.05, 4.69) is 43.2 Å². The molecule has 1 N–H and O–H groups in total. The van der Waals surface area contributed by atoms with Crippen molar-refractivity contribution in [1.29, 1.82) is 5.26 Å². The minimum Gasteiger partial charge on any atom is -0.354 e. The highest BCUT2D eigenvalue weighted by molar-refractivity contribution is 9.10. The van der Waals surface area contributed by atoms with Crippen molar-refractivity contribution < 1.29 is 4.39 Å². The van der Waals surface area contributed by atoms with Crippen LogP contribution in [0.4, 0.5) is 15.8 Å². The third-order valence-corrected chi connectivity index (χ3v) is 3.74. The topological polar surface area (TPSA) is 35.8 Å². The fourth-order valence-corrected chi connectivity index (χ4v) is 2.35. The first-order valence-electron chi connectivity index (χ1n) is 5.43. The van der Waals surface area contributed by atoms with Gasteiger partial charge in [0.15, 0.2) is 0 Å². The molecule has 0 aliphatic carbocycles. The van der Waals surface area contributed by atoms with Crippen LogP contribution < -0.4 is 5.32 Å². The summed E-state index contributed by atoms with van der Waals surface area (Å²) in [4.78, 5) is 0. The molecule has 2 nitrogen and oxygen atoms in total. The van der Waals surface area contributed by atoms with Gasteiger partial charge in [-0.2, -0.15) is 5.26 Å². The first kappa shape index (κ1) is 14.0. The van der Waals surface area contributed by atoms with E-state index in [0.29, 0.717) is 15.7 Å². The maximum absolute atomic E-state index is 13.4. The second-order valence-corrected chi connectivity index (χ2v) is 5.78. The Morgan fingerprint density at radius 3 is 2.58 bits per heavy atom. The Hall–Kier alpha value is -1.38. The van der Waals surface area contributed by atoms with Crippen LogP contribution in [0.15, 0.2) is 39.3 Å². The quantitative estimate of drug-likeness (QED) is 0.766. The highest BCUT2D eigenvalue weighted by Crippen LogP contribution is 2.29. The molecule has 0 bridgehead atoms. The average Bonchev–Trinajstić information content (AvgIpc) is 2.37. The maximum atomic E-state index is 13.4. The van der Waals surface area contributed by atoms with Crippen LogP contribution >= 0.6 is 31.9 Å². The minimum absolute atomic E-state index is 0.306. The molecule has 0 unspecified atom stereocenters.